The number of nitrogens with zero attached hydrogens (tertiary/aromatic N) is 1. The normalized spacial score (nSPS) is 20.8. The van der Waals surface area contributed by atoms with Gasteiger partial charge in [0.05, 0.1) is 11.5 Å². The van der Waals surface area contributed by atoms with Gasteiger partial charge in [0, 0.05) is 24.3 Å². The number of anilines is 1. The van der Waals surface area contributed by atoms with Crippen LogP contribution >= 0.6 is 0 Å². The van der Waals surface area contributed by atoms with E-state index in [0.717, 1.165) is 12.1 Å². The Morgan fingerprint density at radius 1 is 1.43 bits per heavy atom. The minimum Gasteiger partial charge on any atom is -0.373 e. The molecule has 1 fully saturated rings. The summed E-state index contributed by atoms with van der Waals surface area (Å²) in [6.45, 7) is 1.97. The predicted octanol–water partition coefficient (Wildman–Crippen LogP) is 0.993. The summed E-state index contributed by atoms with van der Waals surface area (Å²) in [7, 11) is -1.28. The van der Waals surface area contributed by atoms with E-state index in [4.69, 9.17) is 0 Å². The summed E-state index contributed by atoms with van der Waals surface area (Å²) in [5.41, 5.74) is 1.33. The van der Waals surface area contributed by atoms with Crippen LogP contribution < -0.4 is 10.6 Å². The second-order valence-corrected chi connectivity index (χ2v) is 7.49. The van der Waals surface area contributed by atoms with Crippen molar-refractivity contribution in [2.75, 3.05) is 23.9 Å². The number of hydrogen-bond acceptors (Lipinski definition) is 5. The lowest BCUT2D eigenvalue weighted by Gasteiger charge is -2.23. The molecule has 0 bridgehead atoms. The summed E-state index contributed by atoms with van der Waals surface area (Å²) in [4.78, 5) is 16.6. The van der Waals surface area contributed by atoms with Gasteiger partial charge in [-0.3, -0.25) is 4.79 Å². The van der Waals surface area contributed by atoms with Crippen molar-refractivity contribution in [3.05, 3.63) is 23.4 Å². The van der Waals surface area contributed by atoms with E-state index >= 15 is 0 Å². The van der Waals surface area contributed by atoms with Crippen molar-refractivity contribution in [1.82, 2.24) is 10.3 Å². The number of carbonyl (C=O) groups excluding carboxylic acids is 1. The van der Waals surface area contributed by atoms with Gasteiger partial charge in [-0.1, -0.05) is 6.92 Å². The number of hydrogen-bond donors (Lipinski definition) is 2. The standard InChI is InChI=1S/C14H21N3O3S/c1-3-11-7-10(8-13(15-2)16-11)14(18)17-12-5-4-6-21(19,20)9-12/h7-8,12H,3-6,9H2,1-2H3,(H,15,16)(H,17,18). The summed E-state index contributed by atoms with van der Waals surface area (Å²) in [5, 5.41) is 5.75. The first-order valence-electron chi connectivity index (χ1n) is 7.13. The molecule has 1 aromatic rings. The Labute approximate surface area is 125 Å². The summed E-state index contributed by atoms with van der Waals surface area (Å²) in [6.07, 6.45) is 2.04. The Kier molecular flexibility index (Phi) is 4.82. The van der Waals surface area contributed by atoms with E-state index in [2.05, 4.69) is 15.6 Å². The zero-order valence-electron chi connectivity index (χ0n) is 12.3. The Balaban J connectivity index is 2.13. The highest BCUT2D eigenvalue weighted by atomic mass is 32.2. The maximum absolute atomic E-state index is 12.3. The topological polar surface area (TPSA) is 88.2 Å². The monoisotopic (exact) mass is 311 g/mol. The van der Waals surface area contributed by atoms with Crippen LogP contribution in [0, 0.1) is 0 Å². The molecule has 1 aliphatic heterocycles. The highest BCUT2D eigenvalue weighted by molar-refractivity contribution is 7.91. The number of carbonyl (C=O) groups is 1. The summed E-state index contributed by atoms with van der Waals surface area (Å²) < 4.78 is 23.2. The molecule has 1 aliphatic rings. The Morgan fingerprint density at radius 3 is 2.81 bits per heavy atom. The van der Waals surface area contributed by atoms with Gasteiger partial charge in [0.15, 0.2) is 9.84 Å². The smallest absolute Gasteiger partial charge is 0.251 e. The van der Waals surface area contributed by atoms with Crippen LogP contribution in [0.25, 0.3) is 0 Å². The Hall–Kier alpha value is -1.63. The van der Waals surface area contributed by atoms with Crippen LogP contribution in [0.3, 0.4) is 0 Å². The zero-order valence-corrected chi connectivity index (χ0v) is 13.2. The molecule has 0 spiro atoms. The lowest BCUT2D eigenvalue weighted by atomic mass is 10.1. The summed E-state index contributed by atoms with van der Waals surface area (Å²) >= 11 is 0. The van der Waals surface area contributed by atoms with E-state index < -0.39 is 9.84 Å². The van der Waals surface area contributed by atoms with Gasteiger partial charge in [-0.25, -0.2) is 13.4 Å². The van der Waals surface area contributed by atoms with Crippen LogP contribution in [0.15, 0.2) is 12.1 Å². The van der Waals surface area contributed by atoms with Gasteiger partial charge in [-0.2, -0.15) is 0 Å². The molecular formula is C14H21N3O3S. The Bertz CT molecular complexity index is 606. The molecule has 0 aromatic carbocycles. The van der Waals surface area contributed by atoms with Crippen LogP contribution in [0.5, 0.6) is 0 Å². The average Bonchev–Trinajstić information content (AvgIpc) is 2.45. The number of nitrogens with one attached hydrogen (secondary N) is 2. The Morgan fingerprint density at radius 2 is 2.19 bits per heavy atom. The molecule has 0 aliphatic carbocycles. The van der Waals surface area contributed by atoms with E-state index in [0.29, 0.717) is 24.2 Å². The van der Waals surface area contributed by atoms with Gasteiger partial charge in [0.25, 0.3) is 5.91 Å². The number of sulfone groups is 1. The van der Waals surface area contributed by atoms with Crippen LogP contribution in [0.2, 0.25) is 0 Å². The summed E-state index contributed by atoms with van der Waals surface area (Å²) in [5.74, 6) is 0.642. The fraction of sp³-hybridized carbons (Fsp3) is 0.571. The molecular weight excluding hydrogens is 290 g/mol. The SMILES string of the molecule is CCc1cc(C(=O)NC2CCCS(=O)(=O)C2)cc(NC)n1. The number of amides is 1. The third kappa shape index (κ3) is 4.17. The lowest BCUT2D eigenvalue weighted by Crippen LogP contribution is -2.43. The molecule has 2 N–H and O–H groups in total. The van der Waals surface area contributed by atoms with Gasteiger partial charge in [-0.05, 0) is 31.4 Å². The van der Waals surface area contributed by atoms with Crippen LogP contribution in [0.1, 0.15) is 35.8 Å². The molecule has 0 radical (unpaired) electrons. The molecule has 1 unspecified atom stereocenters. The molecule has 2 heterocycles. The van der Waals surface area contributed by atoms with Gasteiger partial charge in [-0.15, -0.1) is 0 Å². The van der Waals surface area contributed by atoms with Crippen molar-refractivity contribution < 1.29 is 13.2 Å². The van der Waals surface area contributed by atoms with E-state index in [1.807, 2.05) is 6.92 Å². The number of aryl methyl sites for hydroxylation is 1. The van der Waals surface area contributed by atoms with E-state index in [1.54, 1.807) is 19.2 Å². The number of rotatable bonds is 4. The van der Waals surface area contributed by atoms with E-state index in [-0.39, 0.29) is 23.5 Å². The quantitative estimate of drug-likeness (QED) is 0.866. The average molecular weight is 311 g/mol. The minimum atomic E-state index is -3.02. The van der Waals surface area contributed by atoms with Gasteiger partial charge < -0.3 is 10.6 Å². The van der Waals surface area contributed by atoms with Crippen LogP contribution in [-0.4, -0.2) is 43.9 Å². The van der Waals surface area contributed by atoms with Crippen LogP contribution in [0.4, 0.5) is 5.82 Å². The molecule has 1 saturated heterocycles. The second-order valence-electron chi connectivity index (χ2n) is 5.26. The largest absolute Gasteiger partial charge is 0.373 e. The molecule has 1 atom stereocenters. The van der Waals surface area contributed by atoms with Crippen molar-refractivity contribution in [3.63, 3.8) is 0 Å². The van der Waals surface area contributed by atoms with Gasteiger partial charge in [0.1, 0.15) is 5.82 Å². The van der Waals surface area contributed by atoms with Gasteiger partial charge in [0.2, 0.25) is 0 Å². The molecule has 7 heteroatoms. The molecule has 116 valence electrons. The maximum Gasteiger partial charge on any atom is 0.251 e. The first kappa shape index (κ1) is 15.8. The van der Waals surface area contributed by atoms with Crippen molar-refractivity contribution in [1.29, 1.82) is 0 Å². The molecule has 6 nitrogen and oxygen atoms in total. The highest BCUT2D eigenvalue weighted by Crippen LogP contribution is 2.15. The third-order valence-electron chi connectivity index (χ3n) is 3.56. The van der Waals surface area contributed by atoms with Crippen molar-refractivity contribution in [3.8, 4) is 0 Å². The number of pyridine rings is 1. The molecule has 0 saturated carbocycles. The fourth-order valence-corrected chi connectivity index (χ4v) is 4.07. The molecule has 1 amide bonds. The van der Waals surface area contributed by atoms with E-state index in [1.165, 1.54) is 0 Å². The van der Waals surface area contributed by atoms with Crippen LogP contribution in [-0.2, 0) is 16.3 Å². The number of aromatic nitrogens is 1. The van der Waals surface area contributed by atoms with Crippen molar-refractivity contribution in [2.45, 2.75) is 32.2 Å². The molecule has 21 heavy (non-hydrogen) atoms. The zero-order chi connectivity index (χ0) is 15.5. The fourth-order valence-electron chi connectivity index (χ4n) is 2.43. The molecule has 1 aromatic heterocycles. The minimum absolute atomic E-state index is 0.0311. The maximum atomic E-state index is 12.3. The second kappa shape index (κ2) is 6.43. The predicted molar refractivity (Wildman–Crippen MR) is 82.3 cm³/mol. The molecule has 2 rings (SSSR count). The third-order valence-corrected chi connectivity index (χ3v) is 5.38. The summed E-state index contributed by atoms with van der Waals surface area (Å²) in [6, 6.07) is 3.12. The van der Waals surface area contributed by atoms with E-state index in [9.17, 15) is 13.2 Å². The first-order chi connectivity index (χ1) is 9.93. The van der Waals surface area contributed by atoms with Crippen molar-refractivity contribution in [2.24, 2.45) is 0 Å². The van der Waals surface area contributed by atoms with Crippen molar-refractivity contribution >= 4 is 21.6 Å². The van der Waals surface area contributed by atoms with Gasteiger partial charge >= 0.3 is 0 Å². The lowest BCUT2D eigenvalue weighted by molar-refractivity contribution is 0.0938. The highest BCUT2D eigenvalue weighted by Gasteiger charge is 2.26. The first-order valence-corrected chi connectivity index (χ1v) is 8.95.